The highest BCUT2D eigenvalue weighted by Gasteiger charge is 2.18. The van der Waals surface area contributed by atoms with Crippen LogP contribution in [0.2, 0.25) is 0 Å². The number of carboxylic acid groups (broad SMARTS) is 2. The number of aromatic nitrogens is 2. The number of benzene rings is 1. The molecule has 0 saturated heterocycles. The Morgan fingerprint density at radius 1 is 0.943 bits per heavy atom. The predicted molar refractivity (Wildman–Crippen MR) is 135 cm³/mol. The standard InChI is InChI=1S/C27H19N3O4S/c31-26(32)18-8-10-29-22(13-18)24-15-19(27(33)34)14-23(30-24)21-11-16(7-9-28-21)5-6-20-12-17-3-1-2-4-25(17)35-20/h1-15,21,28H,(H,31,32)(H,33,34)/b6-5+. The van der Waals surface area contributed by atoms with Gasteiger partial charge in [0.15, 0.2) is 0 Å². The quantitative estimate of drug-likeness (QED) is 0.331. The van der Waals surface area contributed by atoms with E-state index in [0.29, 0.717) is 5.69 Å². The molecule has 8 heteroatoms. The molecule has 4 heterocycles. The fourth-order valence-electron chi connectivity index (χ4n) is 3.76. The average Bonchev–Trinajstić information content (AvgIpc) is 3.30. The number of nitrogens with one attached hydrogen (secondary N) is 1. The van der Waals surface area contributed by atoms with Gasteiger partial charge in [0.05, 0.1) is 34.3 Å². The molecule has 172 valence electrons. The molecule has 0 spiro atoms. The number of allylic oxidation sites excluding steroid dienone is 3. The normalized spacial score (nSPS) is 15.2. The Kier molecular flexibility index (Phi) is 5.95. The minimum absolute atomic E-state index is 0.0413. The van der Waals surface area contributed by atoms with Crippen molar-refractivity contribution in [2.75, 3.05) is 0 Å². The van der Waals surface area contributed by atoms with Gasteiger partial charge in [-0.3, -0.25) is 4.98 Å². The lowest BCUT2D eigenvalue weighted by Crippen LogP contribution is -2.18. The van der Waals surface area contributed by atoms with Crippen molar-refractivity contribution in [1.82, 2.24) is 15.3 Å². The molecule has 1 atom stereocenters. The zero-order valence-corrected chi connectivity index (χ0v) is 19.1. The lowest BCUT2D eigenvalue weighted by atomic mass is 10.0. The molecule has 7 nitrogen and oxygen atoms in total. The minimum atomic E-state index is -1.11. The first-order valence-corrected chi connectivity index (χ1v) is 11.5. The maximum absolute atomic E-state index is 11.8. The molecule has 1 aliphatic heterocycles. The highest BCUT2D eigenvalue weighted by atomic mass is 32.1. The van der Waals surface area contributed by atoms with E-state index in [1.165, 1.54) is 40.5 Å². The summed E-state index contributed by atoms with van der Waals surface area (Å²) in [6, 6.07) is 15.6. The van der Waals surface area contributed by atoms with Gasteiger partial charge in [0.1, 0.15) is 0 Å². The predicted octanol–water partition coefficient (Wildman–Crippen LogP) is 5.55. The van der Waals surface area contributed by atoms with E-state index in [4.69, 9.17) is 0 Å². The molecule has 3 aromatic heterocycles. The summed E-state index contributed by atoms with van der Waals surface area (Å²) in [6.07, 6.45) is 11.1. The number of thiophene rings is 1. The second kappa shape index (κ2) is 9.36. The first kappa shape index (κ1) is 22.2. The SMILES string of the molecule is O=C(O)c1ccnc(-c2cc(C(=O)O)cc(C3C=C(/C=C/c4cc5ccccc5s4)C=CN3)n2)c1. The highest BCUT2D eigenvalue weighted by molar-refractivity contribution is 7.19. The first-order valence-electron chi connectivity index (χ1n) is 10.7. The van der Waals surface area contributed by atoms with E-state index in [2.05, 4.69) is 39.6 Å². The lowest BCUT2D eigenvalue weighted by Gasteiger charge is -2.19. The van der Waals surface area contributed by atoms with Crippen LogP contribution in [0.3, 0.4) is 0 Å². The molecule has 0 saturated carbocycles. The van der Waals surface area contributed by atoms with Crippen LogP contribution in [0.4, 0.5) is 0 Å². The third kappa shape index (κ3) is 4.87. The summed E-state index contributed by atoms with van der Waals surface area (Å²) in [5, 5.41) is 23.3. The van der Waals surface area contributed by atoms with Crippen molar-refractivity contribution in [3.63, 3.8) is 0 Å². The zero-order valence-electron chi connectivity index (χ0n) is 18.3. The maximum atomic E-state index is 11.8. The summed E-state index contributed by atoms with van der Waals surface area (Å²) in [7, 11) is 0. The highest BCUT2D eigenvalue weighted by Crippen LogP contribution is 2.28. The monoisotopic (exact) mass is 481 g/mol. The summed E-state index contributed by atoms with van der Waals surface area (Å²) >= 11 is 1.71. The second-order valence-corrected chi connectivity index (χ2v) is 8.99. The van der Waals surface area contributed by atoms with E-state index >= 15 is 0 Å². The Hall–Kier alpha value is -4.56. The molecule has 5 rings (SSSR count). The number of carboxylic acids is 2. The van der Waals surface area contributed by atoms with E-state index in [-0.39, 0.29) is 28.6 Å². The number of nitrogens with zero attached hydrogens (tertiary/aromatic N) is 2. The first-order chi connectivity index (χ1) is 17.0. The molecule has 4 aromatic rings. The van der Waals surface area contributed by atoms with E-state index in [0.717, 1.165) is 10.5 Å². The summed E-state index contributed by atoms with van der Waals surface area (Å²) < 4.78 is 1.22. The van der Waals surface area contributed by atoms with Crippen molar-refractivity contribution in [2.24, 2.45) is 0 Å². The van der Waals surface area contributed by atoms with Gasteiger partial charge < -0.3 is 15.5 Å². The van der Waals surface area contributed by atoms with E-state index in [9.17, 15) is 19.8 Å². The Bertz CT molecular complexity index is 1520. The fourth-order valence-corrected chi connectivity index (χ4v) is 4.73. The maximum Gasteiger partial charge on any atom is 0.335 e. The van der Waals surface area contributed by atoms with E-state index in [1.807, 2.05) is 30.4 Å². The zero-order chi connectivity index (χ0) is 24.4. The van der Waals surface area contributed by atoms with Crippen molar-refractivity contribution < 1.29 is 19.8 Å². The molecule has 1 unspecified atom stereocenters. The molecule has 0 radical (unpaired) electrons. The van der Waals surface area contributed by atoms with Crippen molar-refractivity contribution in [2.45, 2.75) is 6.04 Å². The van der Waals surface area contributed by atoms with Crippen LogP contribution in [0.15, 0.2) is 90.8 Å². The molecule has 35 heavy (non-hydrogen) atoms. The Morgan fingerprint density at radius 2 is 1.74 bits per heavy atom. The second-order valence-electron chi connectivity index (χ2n) is 7.87. The van der Waals surface area contributed by atoms with Gasteiger partial charge in [0, 0.05) is 15.8 Å². The number of rotatable bonds is 6. The van der Waals surface area contributed by atoms with Crippen LogP contribution in [0.1, 0.15) is 37.3 Å². The lowest BCUT2D eigenvalue weighted by molar-refractivity contribution is 0.0685. The van der Waals surface area contributed by atoms with Gasteiger partial charge in [-0.15, -0.1) is 11.3 Å². The molecule has 1 aliphatic rings. The van der Waals surface area contributed by atoms with Gasteiger partial charge in [-0.05, 0) is 71.8 Å². The van der Waals surface area contributed by atoms with Gasteiger partial charge >= 0.3 is 11.9 Å². The van der Waals surface area contributed by atoms with Crippen LogP contribution < -0.4 is 5.32 Å². The third-order valence-corrected chi connectivity index (χ3v) is 6.56. The van der Waals surface area contributed by atoms with Crippen LogP contribution in [0, 0.1) is 0 Å². The Balaban J connectivity index is 1.47. The van der Waals surface area contributed by atoms with Crippen LogP contribution in [-0.2, 0) is 0 Å². The van der Waals surface area contributed by atoms with Gasteiger partial charge in [-0.1, -0.05) is 24.3 Å². The van der Waals surface area contributed by atoms with Gasteiger partial charge in [-0.25, -0.2) is 14.6 Å². The molecule has 1 aromatic carbocycles. The number of pyridine rings is 2. The number of fused-ring (bicyclic) bond motifs is 1. The average molecular weight is 482 g/mol. The van der Waals surface area contributed by atoms with Crippen LogP contribution in [0.5, 0.6) is 0 Å². The number of hydrogen-bond acceptors (Lipinski definition) is 6. The summed E-state index contributed by atoms with van der Waals surface area (Å²) in [5.41, 5.74) is 2.09. The summed E-state index contributed by atoms with van der Waals surface area (Å²) in [4.78, 5) is 33.1. The molecule has 0 fully saturated rings. The van der Waals surface area contributed by atoms with Gasteiger partial charge in [0.25, 0.3) is 0 Å². The Morgan fingerprint density at radius 3 is 2.54 bits per heavy atom. The number of aromatic carboxylic acids is 2. The molecular formula is C27H19N3O4S. The van der Waals surface area contributed by atoms with E-state index in [1.54, 1.807) is 17.5 Å². The molecule has 0 amide bonds. The molecular weight excluding hydrogens is 462 g/mol. The van der Waals surface area contributed by atoms with Crippen molar-refractivity contribution >= 4 is 39.4 Å². The number of carbonyl (C=O) groups is 2. The molecule has 3 N–H and O–H groups in total. The topological polar surface area (TPSA) is 112 Å². The fraction of sp³-hybridized carbons (Fsp3) is 0.0370. The van der Waals surface area contributed by atoms with Crippen molar-refractivity contribution in [1.29, 1.82) is 0 Å². The van der Waals surface area contributed by atoms with Gasteiger partial charge in [-0.2, -0.15) is 0 Å². The summed E-state index contributed by atoms with van der Waals surface area (Å²) in [6.45, 7) is 0. The van der Waals surface area contributed by atoms with Crippen LogP contribution in [0.25, 0.3) is 27.6 Å². The van der Waals surface area contributed by atoms with Crippen LogP contribution >= 0.6 is 11.3 Å². The molecule has 0 aliphatic carbocycles. The third-order valence-electron chi connectivity index (χ3n) is 5.48. The number of hydrogen-bond donors (Lipinski definition) is 3. The minimum Gasteiger partial charge on any atom is -0.478 e. The van der Waals surface area contributed by atoms with Gasteiger partial charge in [0.2, 0.25) is 0 Å². The van der Waals surface area contributed by atoms with Crippen molar-refractivity contribution in [3.05, 3.63) is 112 Å². The van der Waals surface area contributed by atoms with E-state index < -0.39 is 11.9 Å². The van der Waals surface area contributed by atoms with Crippen molar-refractivity contribution in [3.8, 4) is 11.4 Å². The number of dihydropyridines is 1. The smallest absolute Gasteiger partial charge is 0.335 e. The Labute approximate surface area is 204 Å². The molecule has 0 bridgehead atoms. The van der Waals surface area contributed by atoms with Crippen LogP contribution in [-0.4, -0.2) is 32.1 Å². The summed E-state index contributed by atoms with van der Waals surface area (Å²) in [5.74, 6) is -2.20. The largest absolute Gasteiger partial charge is 0.478 e.